The van der Waals surface area contributed by atoms with Crippen LogP contribution in [0.5, 0.6) is 0 Å². The Morgan fingerprint density at radius 2 is 2.00 bits per heavy atom. The molecule has 1 aromatic heterocycles. The molecule has 5 heteroatoms. The molecule has 0 radical (unpaired) electrons. The van der Waals surface area contributed by atoms with Crippen molar-refractivity contribution in [2.24, 2.45) is 5.92 Å². The van der Waals surface area contributed by atoms with Gasteiger partial charge in [-0.3, -0.25) is 4.79 Å². The first kappa shape index (κ1) is 14.6. The van der Waals surface area contributed by atoms with Gasteiger partial charge in [0.15, 0.2) is 0 Å². The molecule has 0 saturated carbocycles. The summed E-state index contributed by atoms with van der Waals surface area (Å²) in [5.74, 6) is -0.305. The van der Waals surface area contributed by atoms with Crippen molar-refractivity contribution in [1.82, 2.24) is 9.47 Å². The molecule has 5 nitrogen and oxygen atoms in total. The van der Waals surface area contributed by atoms with Crippen LogP contribution in [0.15, 0.2) is 18.3 Å². The van der Waals surface area contributed by atoms with Gasteiger partial charge in [0.1, 0.15) is 5.69 Å². The lowest BCUT2D eigenvalue weighted by molar-refractivity contribution is -0.133. The van der Waals surface area contributed by atoms with Crippen molar-refractivity contribution >= 4 is 11.9 Å². The Morgan fingerprint density at radius 3 is 2.55 bits per heavy atom. The van der Waals surface area contributed by atoms with E-state index in [1.165, 1.54) is 0 Å². The quantitative estimate of drug-likeness (QED) is 0.920. The fraction of sp³-hybridized carbons (Fsp3) is 0.600. The Morgan fingerprint density at radius 1 is 1.35 bits per heavy atom. The van der Waals surface area contributed by atoms with Crippen LogP contribution < -0.4 is 0 Å². The first-order valence-electron chi connectivity index (χ1n) is 7.17. The highest BCUT2D eigenvalue weighted by atomic mass is 16.4. The predicted octanol–water partition coefficient (Wildman–Crippen LogP) is 2.40. The van der Waals surface area contributed by atoms with E-state index in [4.69, 9.17) is 5.11 Å². The average molecular weight is 278 g/mol. The first-order chi connectivity index (χ1) is 9.49. The van der Waals surface area contributed by atoms with Gasteiger partial charge in [0.25, 0.3) is 0 Å². The van der Waals surface area contributed by atoms with Crippen molar-refractivity contribution in [2.45, 2.75) is 39.2 Å². The van der Waals surface area contributed by atoms with E-state index in [9.17, 15) is 9.59 Å². The number of piperidine rings is 1. The summed E-state index contributed by atoms with van der Waals surface area (Å²) in [5, 5.41) is 9.14. The Bertz CT molecular complexity index is 485. The molecule has 0 unspecified atom stereocenters. The SMILES string of the molecule is CC(C)CC(=O)N1CCC(n2cccc2C(=O)O)CC1. The second-order valence-corrected chi connectivity index (χ2v) is 5.82. The lowest BCUT2D eigenvalue weighted by Crippen LogP contribution is -2.39. The molecule has 110 valence electrons. The van der Waals surface area contributed by atoms with Gasteiger partial charge in [0, 0.05) is 31.7 Å². The summed E-state index contributed by atoms with van der Waals surface area (Å²) in [7, 11) is 0. The van der Waals surface area contributed by atoms with Crippen LogP contribution in [0.25, 0.3) is 0 Å². The number of rotatable bonds is 4. The maximum absolute atomic E-state index is 12.0. The van der Waals surface area contributed by atoms with Crippen LogP contribution >= 0.6 is 0 Å². The number of carboxylic acids is 1. The molecule has 0 atom stereocenters. The second kappa shape index (κ2) is 6.11. The van der Waals surface area contributed by atoms with E-state index in [0.29, 0.717) is 31.1 Å². The third-order valence-corrected chi connectivity index (χ3v) is 3.79. The number of likely N-dealkylation sites (tertiary alicyclic amines) is 1. The number of carbonyl (C=O) groups is 2. The van der Waals surface area contributed by atoms with Crippen molar-refractivity contribution < 1.29 is 14.7 Å². The van der Waals surface area contributed by atoms with Gasteiger partial charge in [-0.25, -0.2) is 4.79 Å². The van der Waals surface area contributed by atoms with Gasteiger partial charge in [0.2, 0.25) is 5.91 Å². The highest BCUT2D eigenvalue weighted by Gasteiger charge is 2.25. The summed E-state index contributed by atoms with van der Waals surface area (Å²) in [4.78, 5) is 25.0. The molecular formula is C15H22N2O3. The molecule has 0 spiro atoms. The van der Waals surface area contributed by atoms with Crippen LogP contribution in [0.4, 0.5) is 0 Å². The van der Waals surface area contributed by atoms with Crippen LogP contribution in [0.3, 0.4) is 0 Å². The van der Waals surface area contributed by atoms with Crippen molar-refractivity contribution in [3.8, 4) is 0 Å². The number of aromatic nitrogens is 1. The van der Waals surface area contributed by atoms with E-state index >= 15 is 0 Å². The first-order valence-corrected chi connectivity index (χ1v) is 7.17. The minimum absolute atomic E-state index is 0.180. The van der Waals surface area contributed by atoms with Gasteiger partial charge in [-0.2, -0.15) is 0 Å². The van der Waals surface area contributed by atoms with Crippen LogP contribution in [0, 0.1) is 5.92 Å². The number of carbonyl (C=O) groups excluding carboxylic acids is 1. The van der Waals surface area contributed by atoms with Gasteiger partial charge in [-0.1, -0.05) is 13.8 Å². The Balaban J connectivity index is 1.96. The zero-order chi connectivity index (χ0) is 14.7. The number of nitrogens with zero attached hydrogens (tertiary/aromatic N) is 2. The molecule has 1 aromatic rings. The monoisotopic (exact) mass is 278 g/mol. The third-order valence-electron chi connectivity index (χ3n) is 3.79. The molecular weight excluding hydrogens is 256 g/mol. The summed E-state index contributed by atoms with van der Waals surface area (Å²) < 4.78 is 1.83. The van der Waals surface area contributed by atoms with Gasteiger partial charge in [-0.05, 0) is 30.9 Å². The van der Waals surface area contributed by atoms with E-state index < -0.39 is 5.97 Å². The normalized spacial score (nSPS) is 16.6. The number of hydrogen-bond donors (Lipinski definition) is 1. The van der Waals surface area contributed by atoms with E-state index in [0.717, 1.165) is 12.8 Å². The van der Waals surface area contributed by atoms with Gasteiger partial charge >= 0.3 is 5.97 Å². The van der Waals surface area contributed by atoms with Crippen LogP contribution in [-0.4, -0.2) is 39.5 Å². The van der Waals surface area contributed by atoms with E-state index in [2.05, 4.69) is 0 Å². The molecule has 0 aromatic carbocycles. The molecule has 2 rings (SSSR count). The number of aromatic carboxylic acids is 1. The molecule has 1 N–H and O–H groups in total. The largest absolute Gasteiger partial charge is 0.477 e. The molecule has 1 saturated heterocycles. The van der Waals surface area contributed by atoms with E-state index in [-0.39, 0.29) is 11.9 Å². The Hall–Kier alpha value is -1.78. The smallest absolute Gasteiger partial charge is 0.352 e. The van der Waals surface area contributed by atoms with Crippen molar-refractivity contribution in [3.63, 3.8) is 0 Å². The number of amides is 1. The van der Waals surface area contributed by atoms with E-state index in [1.54, 1.807) is 12.1 Å². The zero-order valence-corrected chi connectivity index (χ0v) is 12.1. The van der Waals surface area contributed by atoms with E-state index in [1.807, 2.05) is 29.5 Å². The number of hydrogen-bond acceptors (Lipinski definition) is 2. The maximum Gasteiger partial charge on any atom is 0.352 e. The lowest BCUT2D eigenvalue weighted by Gasteiger charge is -2.33. The lowest BCUT2D eigenvalue weighted by atomic mass is 10.0. The van der Waals surface area contributed by atoms with Gasteiger partial charge in [0.05, 0.1) is 0 Å². The highest BCUT2D eigenvalue weighted by Crippen LogP contribution is 2.25. The summed E-state index contributed by atoms with van der Waals surface area (Å²) in [6.45, 7) is 5.52. The van der Waals surface area contributed by atoms with Crippen LogP contribution in [-0.2, 0) is 4.79 Å². The molecule has 2 heterocycles. The van der Waals surface area contributed by atoms with Gasteiger partial charge in [-0.15, -0.1) is 0 Å². The number of carboxylic acid groups (broad SMARTS) is 1. The molecule has 1 aliphatic rings. The standard InChI is InChI=1S/C15H22N2O3/c1-11(2)10-14(18)16-8-5-12(6-9-16)17-7-3-4-13(17)15(19)20/h3-4,7,11-12H,5-6,8-10H2,1-2H3,(H,19,20). The average Bonchev–Trinajstić information content (AvgIpc) is 2.87. The zero-order valence-electron chi connectivity index (χ0n) is 12.1. The fourth-order valence-electron chi connectivity index (χ4n) is 2.77. The maximum atomic E-state index is 12.0. The molecule has 0 bridgehead atoms. The van der Waals surface area contributed by atoms with Crippen molar-refractivity contribution in [2.75, 3.05) is 13.1 Å². The topological polar surface area (TPSA) is 62.5 Å². The van der Waals surface area contributed by atoms with Gasteiger partial charge < -0.3 is 14.6 Å². The van der Waals surface area contributed by atoms with Crippen LogP contribution in [0.1, 0.15) is 49.6 Å². The minimum atomic E-state index is -0.895. The molecule has 1 fully saturated rings. The predicted molar refractivity (Wildman–Crippen MR) is 75.7 cm³/mol. The highest BCUT2D eigenvalue weighted by molar-refractivity contribution is 5.85. The van der Waals surface area contributed by atoms with Crippen LogP contribution in [0.2, 0.25) is 0 Å². The summed E-state index contributed by atoms with van der Waals surface area (Å²) in [6, 6.07) is 3.57. The summed E-state index contributed by atoms with van der Waals surface area (Å²) in [6.07, 6.45) is 4.05. The van der Waals surface area contributed by atoms with Crippen molar-refractivity contribution in [1.29, 1.82) is 0 Å². The minimum Gasteiger partial charge on any atom is -0.477 e. The molecule has 20 heavy (non-hydrogen) atoms. The second-order valence-electron chi connectivity index (χ2n) is 5.82. The molecule has 1 amide bonds. The molecule has 1 aliphatic heterocycles. The summed E-state index contributed by atoms with van der Waals surface area (Å²) in [5.41, 5.74) is 0.331. The summed E-state index contributed by atoms with van der Waals surface area (Å²) >= 11 is 0. The fourth-order valence-corrected chi connectivity index (χ4v) is 2.77. The third kappa shape index (κ3) is 3.21. The van der Waals surface area contributed by atoms with Crippen molar-refractivity contribution in [3.05, 3.63) is 24.0 Å². The Kier molecular flexibility index (Phi) is 4.47. The molecule has 0 aliphatic carbocycles. The Labute approximate surface area is 119 Å².